The predicted molar refractivity (Wildman–Crippen MR) is 79.4 cm³/mol. The van der Waals surface area contributed by atoms with Crippen molar-refractivity contribution >= 4 is 28.6 Å². The summed E-state index contributed by atoms with van der Waals surface area (Å²) in [5.74, 6) is 0.0196. The molecule has 0 aliphatic carbocycles. The number of carboxylic acids is 1. The SMILES string of the molecule is COc1cccc2c(SC[C@H](N)C(=O)O)cc(C)nc12. The summed E-state index contributed by atoms with van der Waals surface area (Å²) in [6, 6.07) is 6.74. The van der Waals surface area contributed by atoms with Crippen LogP contribution in [0.1, 0.15) is 5.69 Å². The molecule has 20 heavy (non-hydrogen) atoms. The van der Waals surface area contributed by atoms with Crippen molar-refractivity contribution in [1.29, 1.82) is 0 Å². The molecule has 0 radical (unpaired) electrons. The maximum atomic E-state index is 10.8. The summed E-state index contributed by atoms with van der Waals surface area (Å²) in [5.41, 5.74) is 7.18. The van der Waals surface area contributed by atoms with Gasteiger partial charge < -0.3 is 15.6 Å². The first-order valence-electron chi connectivity index (χ1n) is 6.08. The minimum atomic E-state index is -0.995. The van der Waals surface area contributed by atoms with Gasteiger partial charge in [-0.05, 0) is 19.1 Å². The molecule has 0 aliphatic rings. The van der Waals surface area contributed by atoms with Gasteiger partial charge in [0.1, 0.15) is 17.3 Å². The van der Waals surface area contributed by atoms with E-state index in [0.29, 0.717) is 11.5 Å². The van der Waals surface area contributed by atoms with Crippen molar-refractivity contribution in [1.82, 2.24) is 4.98 Å². The number of aryl methyl sites for hydroxylation is 1. The average molecular weight is 292 g/mol. The molecule has 1 aromatic heterocycles. The fourth-order valence-electron chi connectivity index (χ4n) is 1.85. The van der Waals surface area contributed by atoms with Crippen LogP contribution in [0.2, 0.25) is 0 Å². The van der Waals surface area contributed by atoms with Gasteiger partial charge in [0, 0.05) is 21.7 Å². The average Bonchev–Trinajstić information content (AvgIpc) is 2.43. The summed E-state index contributed by atoms with van der Waals surface area (Å²) in [7, 11) is 1.60. The molecule has 3 N–H and O–H groups in total. The smallest absolute Gasteiger partial charge is 0.321 e. The molecule has 2 aromatic rings. The monoisotopic (exact) mass is 292 g/mol. The number of para-hydroxylation sites is 1. The lowest BCUT2D eigenvalue weighted by Crippen LogP contribution is -2.32. The van der Waals surface area contributed by atoms with Crippen molar-refractivity contribution in [3.63, 3.8) is 0 Å². The molecule has 6 heteroatoms. The number of rotatable bonds is 5. The van der Waals surface area contributed by atoms with Gasteiger partial charge in [-0.25, -0.2) is 4.98 Å². The number of carbonyl (C=O) groups is 1. The number of nitrogens with two attached hydrogens (primary N) is 1. The number of fused-ring (bicyclic) bond motifs is 1. The minimum Gasteiger partial charge on any atom is -0.494 e. The van der Waals surface area contributed by atoms with Gasteiger partial charge in [-0.15, -0.1) is 11.8 Å². The lowest BCUT2D eigenvalue weighted by atomic mass is 10.2. The van der Waals surface area contributed by atoms with Crippen LogP contribution in [-0.2, 0) is 4.79 Å². The van der Waals surface area contributed by atoms with Crippen molar-refractivity contribution < 1.29 is 14.6 Å². The first kappa shape index (κ1) is 14.6. The fourth-order valence-corrected chi connectivity index (χ4v) is 2.92. The van der Waals surface area contributed by atoms with Crippen LogP contribution in [0.25, 0.3) is 10.9 Å². The maximum Gasteiger partial charge on any atom is 0.321 e. The Morgan fingerprint density at radius 3 is 2.95 bits per heavy atom. The summed E-state index contributed by atoms with van der Waals surface area (Å²) in [5, 5.41) is 9.78. The molecule has 0 amide bonds. The zero-order valence-electron chi connectivity index (χ0n) is 11.3. The van der Waals surface area contributed by atoms with E-state index in [-0.39, 0.29) is 0 Å². The number of carboxylic acid groups (broad SMARTS) is 1. The third kappa shape index (κ3) is 3.02. The molecule has 1 heterocycles. The van der Waals surface area contributed by atoms with E-state index in [2.05, 4.69) is 4.98 Å². The molecule has 0 unspecified atom stereocenters. The van der Waals surface area contributed by atoms with Gasteiger partial charge >= 0.3 is 5.97 Å². The van der Waals surface area contributed by atoms with E-state index in [1.165, 1.54) is 11.8 Å². The number of pyridine rings is 1. The summed E-state index contributed by atoms with van der Waals surface area (Å²) >= 11 is 1.42. The molecule has 0 bridgehead atoms. The van der Waals surface area contributed by atoms with Crippen LogP contribution in [0.3, 0.4) is 0 Å². The van der Waals surface area contributed by atoms with Gasteiger partial charge in [0.25, 0.3) is 0 Å². The molecule has 0 fully saturated rings. The van der Waals surface area contributed by atoms with Crippen LogP contribution < -0.4 is 10.5 Å². The number of aromatic nitrogens is 1. The molecule has 106 valence electrons. The van der Waals surface area contributed by atoms with E-state index in [1.807, 2.05) is 31.2 Å². The lowest BCUT2D eigenvalue weighted by Gasteiger charge is -2.11. The fraction of sp³-hybridized carbons (Fsp3) is 0.286. The Kier molecular flexibility index (Phi) is 4.46. The van der Waals surface area contributed by atoms with Crippen molar-refractivity contribution in [2.45, 2.75) is 17.9 Å². The molecule has 0 spiro atoms. The number of hydrogen-bond acceptors (Lipinski definition) is 5. The zero-order chi connectivity index (χ0) is 14.7. The molecular weight excluding hydrogens is 276 g/mol. The maximum absolute atomic E-state index is 10.8. The van der Waals surface area contributed by atoms with Crippen LogP contribution >= 0.6 is 11.8 Å². The highest BCUT2D eigenvalue weighted by molar-refractivity contribution is 7.99. The number of aliphatic carboxylic acids is 1. The van der Waals surface area contributed by atoms with Crippen LogP contribution in [0.5, 0.6) is 5.75 Å². The summed E-state index contributed by atoms with van der Waals surface area (Å²) < 4.78 is 5.31. The van der Waals surface area contributed by atoms with Gasteiger partial charge in [0.2, 0.25) is 0 Å². The van der Waals surface area contributed by atoms with Crippen molar-refractivity contribution in [3.8, 4) is 5.75 Å². The highest BCUT2D eigenvalue weighted by atomic mass is 32.2. The molecule has 2 rings (SSSR count). The molecular formula is C14H16N2O3S. The Hall–Kier alpha value is -1.79. The first-order valence-corrected chi connectivity index (χ1v) is 7.07. The molecule has 1 atom stereocenters. The van der Waals surface area contributed by atoms with Crippen LogP contribution in [0, 0.1) is 6.92 Å². The minimum absolute atomic E-state index is 0.311. The third-order valence-corrected chi connectivity index (χ3v) is 4.02. The Morgan fingerprint density at radius 1 is 1.55 bits per heavy atom. The van der Waals surface area contributed by atoms with E-state index in [1.54, 1.807) is 7.11 Å². The number of methoxy groups -OCH3 is 1. The normalized spacial score (nSPS) is 12.3. The second-order valence-corrected chi connectivity index (χ2v) is 5.44. The third-order valence-electron chi connectivity index (χ3n) is 2.85. The Morgan fingerprint density at radius 2 is 2.30 bits per heavy atom. The van der Waals surface area contributed by atoms with Crippen LogP contribution in [0.15, 0.2) is 29.2 Å². The van der Waals surface area contributed by atoms with E-state index in [0.717, 1.165) is 21.5 Å². The molecule has 0 aliphatic heterocycles. The van der Waals surface area contributed by atoms with E-state index < -0.39 is 12.0 Å². The van der Waals surface area contributed by atoms with Crippen molar-refractivity contribution in [2.24, 2.45) is 5.73 Å². The number of benzene rings is 1. The standard InChI is InChI=1S/C14H16N2O3S/c1-8-6-12(20-7-10(15)14(17)18)9-4-3-5-11(19-2)13(9)16-8/h3-6,10H,7,15H2,1-2H3,(H,17,18)/t10-/m0/s1. The molecule has 1 aromatic carbocycles. The zero-order valence-corrected chi connectivity index (χ0v) is 12.1. The lowest BCUT2D eigenvalue weighted by molar-refractivity contribution is -0.137. The van der Waals surface area contributed by atoms with Crippen LogP contribution in [0.4, 0.5) is 0 Å². The van der Waals surface area contributed by atoms with Gasteiger partial charge in [-0.1, -0.05) is 12.1 Å². The van der Waals surface area contributed by atoms with Crippen molar-refractivity contribution in [3.05, 3.63) is 30.0 Å². The van der Waals surface area contributed by atoms with Crippen molar-refractivity contribution in [2.75, 3.05) is 12.9 Å². The van der Waals surface area contributed by atoms with Gasteiger partial charge in [0.15, 0.2) is 0 Å². The van der Waals surface area contributed by atoms with Gasteiger partial charge in [-0.2, -0.15) is 0 Å². The highest BCUT2D eigenvalue weighted by Gasteiger charge is 2.14. The quantitative estimate of drug-likeness (QED) is 0.820. The molecule has 0 saturated carbocycles. The van der Waals surface area contributed by atoms with E-state index >= 15 is 0 Å². The first-order chi connectivity index (χ1) is 9.52. The largest absolute Gasteiger partial charge is 0.494 e. The summed E-state index contributed by atoms with van der Waals surface area (Å²) in [4.78, 5) is 16.2. The van der Waals surface area contributed by atoms with Gasteiger partial charge in [-0.3, -0.25) is 4.79 Å². The molecule has 5 nitrogen and oxygen atoms in total. The summed E-state index contributed by atoms with van der Waals surface area (Å²) in [6.07, 6.45) is 0. The van der Waals surface area contributed by atoms with E-state index in [4.69, 9.17) is 15.6 Å². The number of hydrogen-bond donors (Lipinski definition) is 2. The van der Waals surface area contributed by atoms with E-state index in [9.17, 15) is 4.79 Å². The topological polar surface area (TPSA) is 85.4 Å². The number of nitrogens with zero attached hydrogens (tertiary/aromatic N) is 1. The number of ether oxygens (including phenoxy) is 1. The highest BCUT2D eigenvalue weighted by Crippen LogP contribution is 2.32. The second-order valence-electron chi connectivity index (χ2n) is 4.37. The van der Waals surface area contributed by atoms with Gasteiger partial charge in [0.05, 0.1) is 7.11 Å². The Bertz CT molecular complexity index is 646. The summed E-state index contributed by atoms with van der Waals surface area (Å²) in [6.45, 7) is 1.90. The Labute approximate surface area is 121 Å². The predicted octanol–water partition coefficient (Wildman–Crippen LogP) is 2.06. The Balaban J connectivity index is 2.40. The number of thioether (sulfide) groups is 1. The molecule has 0 saturated heterocycles. The van der Waals surface area contributed by atoms with Crippen LogP contribution in [-0.4, -0.2) is 35.0 Å². The second kappa shape index (κ2) is 6.11.